The molecule has 7 nitrogen and oxygen atoms in total. The average molecular weight is 322 g/mol. The van der Waals surface area contributed by atoms with Crippen LogP contribution < -0.4 is 5.73 Å². The second kappa shape index (κ2) is 5.14. The van der Waals surface area contributed by atoms with Gasteiger partial charge in [0.2, 0.25) is 10.0 Å². The molecule has 20 heavy (non-hydrogen) atoms. The molecule has 2 rings (SSSR count). The number of aryl methyl sites for hydroxylation is 1. The monoisotopic (exact) mass is 322 g/mol. The average Bonchev–Trinajstić information content (AvgIpc) is 2.91. The van der Waals surface area contributed by atoms with Gasteiger partial charge in [0.05, 0.1) is 18.1 Å². The van der Waals surface area contributed by atoms with Crippen molar-refractivity contribution in [2.24, 2.45) is 5.73 Å². The molecule has 1 aliphatic rings. The maximum Gasteiger partial charge on any atom is 0.246 e. The summed E-state index contributed by atoms with van der Waals surface area (Å²) >= 11 is 0. The highest BCUT2D eigenvalue weighted by Gasteiger charge is 2.37. The molecule has 1 saturated heterocycles. The molecule has 1 aromatic heterocycles. The quantitative estimate of drug-likeness (QED) is 0.825. The van der Waals surface area contributed by atoms with Gasteiger partial charge < -0.3 is 10.2 Å². The first-order valence-electron chi connectivity index (χ1n) is 6.15. The van der Waals surface area contributed by atoms with Crippen LogP contribution in [0.5, 0.6) is 0 Å². The Hall–Kier alpha value is -0.900. The minimum atomic E-state index is -3.77. The van der Waals surface area contributed by atoms with Crippen molar-refractivity contribution in [3.8, 4) is 0 Å². The van der Waals surface area contributed by atoms with Gasteiger partial charge in [-0.15, -0.1) is 0 Å². The maximum absolute atomic E-state index is 12.5. The van der Waals surface area contributed by atoms with Gasteiger partial charge in [-0.3, -0.25) is 0 Å². The maximum atomic E-state index is 12.5. The molecule has 1 fully saturated rings. The van der Waals surface area contributed by atoms with Crippen molar-refractivity contribution in [2.45, 2.75) is 30.8 Å². The highest BCUT2D eigenvalue weighted by Crippen LogP contribution is 2.27. The minimum absolute atomic E-state index is 0.0238. The molecule has 0 saturated carbocycles. The van der Waals surface area contributed by atoms with E-state index in [1.807, 2.05) is 0 Å². The zero-order chi connectivity index (χ0) is 15.1. The van der Waals surface area contributed by atoms with E-state index in [0.717, 1.165) is 4.31 Å². The highest BCUT2D eigenvalue weighted by atomic mass is 32.2. The van der Waals surface area contributed by atoms with Gasteiger partial charge in [0.25, 0.3) is 0 Å². The molecule has 0 amide bonds. The van der Waals surface area contributed by atoms with Crippen LogP contribution in [0.2, 0.25) is 0 Å². The van der Waals surface area contributed by atoms with Crippen LogP contribution in [-0.4, -0.2) is 45.7 Å². The van der Waals surface area contributed by atoms with Crippen LogP contribution in [0.15, 0.2) is 15.4 Å². The Morgan fingerprint density at radius 1 is 1.50 bits per heavy atom. The molecule has 1 atom stereocenters. The largest absolute Gasteiger partial charge is 0.464 e. The molecular formula is C11H18N2O5S2. The van der Waals surface area contributed by atoms with Crippen molar-refractivity contribution in [1.29, 1.82) is 0 Å². The topological polar surface area (TPSA) is 111 Å². The summed E-state index contributed by atoms with van der Waals surface area (Å²) in [5.41, 5.74) is 5.43. The van der Waals surface area contributed by atoms with Gasteiger partial charge in [-0.2, -0.15) is 4.31 Å². The molecule has 2 N–H and O–H groups in total. The number of furan rings is 1. The van der Waals surface area contributed by atoms with Crippen LogP contribution >= 0.6 is 0 Å². The Bertz CT molecular complexity index is 705. The Balaban J connectivity index is 2.32. The van der Waals surface area contributed by atoms with Crippen LogP contribution in [0, 0.1) is 6.92 Å². The van der Waals surface area contributed by atoms with E-state index in [1.54, 1.807) is 6.92 Å². The van der Waals surface area contributed by atoms with Crippen molar-refractivity contribution in [3.63, 3.8) is 0 Å². The van der Waals surface area contributed by atoms with E-state index in [1.165, 1.54) is 13.1 Å². The van der Waals surface area contributed by atoms with E-state index >= 15 is 0 Å². The van der Waals surface area contributed by atoms with Gasteiger partial charge in [0.15, 0.2) is 9.84 Å². The summed E-state index contributed by atoms with van der Waals surface area (Å²) in [5, 5.41) is 0. The summed E-state index contributed by atoms with van der Waals surface area (Å²) in [6.45, 7) is 1.66. The summed E-state index contributed by atoms with van der Waals surface area (Å²) in [7, 11) is -5.52. The summed E-state index contributed by atoms with van der Waals surface area (Å²) < 4.78 is 54.3. The summed E-state index contributed by atoms with van der Waals surface area (Å²) in [5.74, 6) is 0.533. The predicted molar refractivity (Wildman–Crippen MR) is 73.3 cm³/mol. The lowest BCUT2D eigenvalue weighted by atomic mass is 10.3. The van der Waals surface area contributed by atoms with E-state index in [-0.39, 0.29) is 28.7 Å². The number of sulfonamides is 1. The second-order valence-corrected chi connectivity index (χ2v) is 9.11. The number of nitrogens with two attached hydrogens (primary N) is 1. The van der Waals surface area contributed by atoms with E-state index in [0.29, 0.717) is 12.2 Å². The van der Waals surface area contributed by atoms with Gasteiger partial charge in [-0.1, -0.05) is 0 Å². The van der Waals surface area contributed by atoms with Gasteiger partial charge >= 0.3 is 0 Å². The van der Waals surface area contributed by atoms with Gasteiger partial charge in [0, 0.05) is 19.2 Å². The van der Waals surface area contributed by atoms with Crippen molar-refractivity contribution in [2.75, 3.05) is 18.6 Å². The van der Waals surface area contributed by atoms with E-state index < -0.39 is 25.9 Å². The normalized spacial score (nSPS) is 22.5. The molecule has 1 unspecified atom stereocenters. The van der Waals surface area contributed by atoms with Crippen LogP contribution in [0.4, 0.5) is 0 Å². The molecule has 0 aromatic carbocycles. The SMILES string of the molecule is Cc1oc(CN)cc1S(=O)(=O)N(C)C1CCS(=O)(=O)C1. The van der Waals surface area contributed by atoms with Crippen molar-refractivity contribution in [1.82, 2.24) is 4.31 Å². The molecule has 0 bridgehead atoms. The lowest BCUT2D eigenvalue weighted by molar-refractivity contribution is 0.392. The Kier molecular flexibility index (Phi) is 3.98. The lowest BCUT2D eigenvalue weighted by Gasteiger charge is -2.22. The fraction of sp³-hybridized carbons (Fsp3) is 0.636. The third kappa shape index (κ3) is 2.76. The zero-order valence-corrected chi connectivity index (χ0v) is 13.0. The molecule has 9 heteroatoms. The first-order valence-corrected chi connectivity index (χ1v) is 9.41. The fourth-order valence-electron chi connectivity index (χ4n) is 2.29. The zero-order valence-electron chi connectivity index (χ0n) is 11.4. The molecule has 0 aliphatic carbocycles. The first-order chi connectivity index (χ1) is 9.17. The second-order valence-electron chi connectivity index (χ2n) is 4.92. The molecule has 2 heterocycles. The molecule has 0 radical (unpaired) electrons. The third-order valence-electron chi connectivity index (χ3n) is 3.50. The smallest absolute Gasteiger partial charge is 0.246 e. The summed E-state index contributed by atoms with van der Waals surface area (Å²) in [6, 6.07) is 0.866. The molecule has 114 valence electrons. The van der Waals surface area contributed by atoms with E-state index in [9.17, 15) is 16.8 Å². The minimum Gasteiger partial charge on any atom is -0.464 e. The Morgan fingerprint density at radius 2 is 2.15 bits per heavy atom. The highest BCUT2D eigenvalue weighted by molar-refractivity contribution is 7.92. The first kappa shape index (κ1) is 15.5. The number of hydrogen-bond acceptors (Lipinski definition) is 6. The number of hydrogen-bond donors (Lipinski definition) is 1. The Labute approximate surface area is 118 Å². The summed E-state index contributed by atoms with van der Waals surface area (Å²) in [6.07, 6.45) is 0.318. The van der Waals surface area contributed by atoms with Gasteiger partial charge in [0.1, 0.15) is 16.4 Å². The van der Waals surface area contributed by atoms with Crippen molar-refractivity contribution < 1.29 is 21.3 Å². The van der Waals surface area contributed by atoms with Crippen LogP contribution in [0.25, 0.3) is 0 Å². The predicted octanol–water partition coefficient (Wildman–Crippen LogP) is -0.146. The number of nitrogens with zero attached hydrogens (tertiary/aromatic N) is 1. The Morgan fingerprint density at radius 3 is 2.60 bits per heavy atom. The van der Waals surface area contributed by atoms with Gasteiger partial charge in [-0.25, -0.2) is 16.8 Å². The molecule has 1 aliphatic heterocycles. The lowest BCUT2D eigenvalue weighted by Crippen LogP contribution is -2.37. The van der Waals surface area contributed by atoms with Crippen LogP contribution in [0.3, 0.4) is 0 Å². The third-order valence-corrected chi connectivity index (χ3v) is 7.27. The summed E-state index contributed by atoms with van der Waals surface area (Å²) in [4.78, 5) is 0.0461. The van der Waals surface area contributed by atoms with Crippen LogP contribution in [-0.2, 0) is 26.4 Å². The van der Waals surface area contributed by atoms with Crippen molar-refractivity contribution in [3.05, 3.63) is 17.6 Å². The molecule has 0 spiro atoms. The van der Waals surface area contributed by atoms with Crippen molar-refractivity contribution >= 4 is 19.9 Å². The molecular weight excluding hydrogens is 304 g/mol. The fourth-order valence-corrected chi connectivity index (χ4v) is 5.73. The molecule has 1 aromatic rings. The number of rotatable bonds is 4. The number of sulfone groups is 1. The standard InChI is InChI=1S/C11H18N2O5S2/c1-8-11(5-10(6-12)18-8)20(16,17)13(2)9-3-4-19(14,15)7-9/h5,9H,3-4,6-7,12H2,1-2H3. The van der Waals surface area contributed by atoms with E-state index in [2.05, 4.69) is 0 Å². The van der Waals surface area contributed by atoms with Gasteiger partial charge in [-0.05, 0) is 13.3 Å². The van der Waals surface area contributed by atoms with Crippen LogP contribution in [0.1, 0.15) is 17.9 Å². The van der Waals surface area contributed by atoms with E-state index in [4.69, 9.17) is 10.2 Å².